The molecule has 0 aromatic heterocycles. The Balaban J connectivity index is 1.90. The SMILES string of the molecule is CC(=COc1ccccc1)C(=Nc1ccc(C)c(C)c1)Sc1ccccc1. The van der Waals surface area contributed by atoms with Crippen LogP contribution in [0.5, 0.6) is 5.75 Å². The molecule has 0 aliphatic rings. The smallest absolute Gasteiger partial charge is 0.126 e. The van der Waals surface area contributed by atoms with Crippen LogP contribution in [0.4, 0.5) is 5.69 Å². The maximum atomic E-state index is 5.81. The van der Waals surface area contributed by atoms with Crippen LogP contribution in [-0.2, 0) is 0 Å². The average Bonchev–Trinajstić information content (AvgIpc) is 2.70. The van der Waals surface area contributed by atoms with Gasteiger partial charge in [-0.15, -0.1) is 0 Å². The summed E-state index contributed by atoms with van der Waals surface area (Å²) in [5.41, 5.74) is 4.43. The molecule has 3 rings (SSSR count). The van der Waals surface area contributed by atoms with Crippen molar-refractivity contribution in [2.45, 2.75) is 25.7 Å². The summed E-state index contributed by atoms with van der Waals surface area (Å²) < 4.78 is 5.81. The van der Waals surface area contributed by atoms with Crippen LogP contribution in [0.1, 0.15) is 18.1 Å². The minimum atomic E-state index is 0.812. The second kappa shape index (κ2) is 9.24. The molecule has 0 aliphatic carbocycles. The molecule has 136 valence electrons. The van der Waals surface area contributed by atoms with Crippen molar-refractivity contribution in [3.05, 3.63) is 102 Å². The molecule has 0 fully saturated rings. The molecule has 0 bridgehead atoms. The van der Waals surface area contributed by atoms with Gasteiger partial charge in [0.1, 0.15) is 10.8 Å². The lowest BCUT2D eigenvalue weighted by molar-refractivity contribution is 0.478. The van der Waals surface area contributed by atoms with Crippen molar-refractivity contribution in [2.75, 3.05) is 0 Å². The molecule has 0 amide bonds. The number of thioether (sulfide) groups is 1. The molecule has 0 aliphatic heterocycles. The van der Waals surface area contributed by atoms with Gasteiger partial charge in [-0.3, -0.25) is 0 Å². The van der Waals surface area contributed by atoms with Crippen molar-refractivity contribution in [2.24, 2.45) is 4.99 Å². The van der Waals surface area contributed by atoms with E-state index in [0.717, 1.165) is 26.9 Å². The molecule has 3 heteroatoms. The lowest BCUT2D eigenvalue weighted by atomic mass is 10.1. The van der Waals surface area contributed by atoms with E-state index in [1.54, 1.807) is 18.0 Å². The number of para-hydroxylation sites is 1. The highest BCUT2D eigenvalue weighted by molar-refractivity contribution is 8.14. The van der Waals surface area contributed by atoms with Gasteiger partial charge in [0.05, 0.1) is 11.9 Å². The summed E-state index contributed by atoms with van der Waals surface area (Å²) >= 11 is 1.64. The maximum Gasteiger partial charge on any atom is 0.126 e. The van der Waals surface area contributed by atoms with E-state index in [9.17, 15) is 0 Å². The fraction of sp³-hybridized carbons (Fsp3) is 0.125. The van der Waals surface area contributed by atoms with Crippen LogP contribution in [0.25, 0.3) is 0 Å². The van der Waals surface area contributed by atoms with Gasteiger partial charge in [0.15, 0.2) is 0 Å². The lowest BCUT2D eigenvalue weighted by Gasteiger charge is -2.09. The number of rotatable bonds is 5. The Bertz CT molecular complexity index is 947. The molecule has 0 heterocycles. The Hall–Kier alpha value is -2.78. The molecule has 0 atom stereocenters. The average molecular weight is 374 g/mol. The Morgan fingerprint density at radius 1 is 0.852 bits per heavy atom. The number of hydrogen-bond donors (Lipinski definition) is 0. The van der Waals surface area contributed by atoms with Crippen molar-refractivity contribution in [3.63, 3.8) is 0 Å². The van der Waals surface area contributed by atoms with Crippen LogP contribution in [0.15, 0.2) is 101 Å². The highest BCUT2D eigenvalue weighted by Gasteiger charge is 2.08. The third-order valence-electron chi connectivity index (χ3n) is 4.13. The number of hydrogen-bond acceptors (Lipinski definition) is 3. The van der Waals surface area contributed by atoms with E-state index in [4.69, 9.17) is 9.73 Å². The zero-order chi connectivity index (χ0) is 19.1. The highest BCUT2D eigenvalue weighted by Crippen LogP contribution is 2.27. The van der Waals surface area contributed by atoms with Crippen LogP contribution in [0.3, 0.4) is 0 Å². The van der Waals surface area contributed by atoms with E-state index in [0.29, 0.717) is 0 Å². The van der Waals surface area contributed by atoms with Crippen LogP contribution >= 0.6 is 11.8 Å². The fourth-order valence-corrected chi connectivity index (χ4v) is 3.29. The summed E-state index contributed by atoms with van der Waals surface area (Å²) in [5.74, 6) is 0.812. The van der Waals surface area contributed by atoms with E-state index < -0.39 is 0 Å². The fourth-order valence-electron chi connectivity index (χ4n) is 2.41. The van der Waals surface area contributed by atoms with Crippen molar-refractivity contribution >= 4 is 22.5 Å². The predicted octanol–water partition coefficient (Wildman–Crippen LogP) is 7.11. The summed E-state index contributed by atoms with van der Waals surface area (Å²) in [7, 11) is 0. The van der Waals surface area contributed by atoms with E-state index >= 15 is 0 Å². The Labute approximate surface area is 165 Å². The lowest BCUT2D eigenvalue weighted by Crippen LogP contribution is -1.97. The van der Waals surface area contributed by atoms with E-state index in [1.165, 1.54) is 11.1 Å². The van der Waals surface area contributed by atoms with Crippen molar-refractivity contribution in [3.8, 4) is 5.75 Å². The minimum Gasteiger partial charge on any atom is -0.465 e. The van der Waals surface area contributed by atoms with Gasteiger partial charge in [-0.05, 0) is 68.3 Å². The molecule has 2 nitrogen and oxygen atoms in total. The Kier molecular flexibility index (Phi) is 6.50. The molecule has 0 spiro atoms. The normalized spacial score (nSPS) is 12.1. The molecule has 27 heavy (non-hydrogen) atoms. The second-order valence-corrected chi connectivity index (χ2v) is 7.39. The Morgan fingerprint density at radius 3 is 2.19 bits per heavy atom. The topological polar surface area (TPSA) is 21.6 Å². The quantitative estimate of drug-likeness (QED) is 0.206. The van der Waals surface area contributed by atoms with Gasteiger partial charge in [-0.2, -0.15) is 0 Å². The van der Waals surface area contributed by atoms with Gasteiger partial charge in [0, 0.05) is 10.5 Å². The van der Waals surface area contributed by atoms with Crippen LogP contribution in [-0.4, -0.2) is 5.04 Å². The molecular weight excluding hydrogens is 350 g/mol. The number of ether oxygens (including phenoxy) is 1. The van der Waals surface area contributed by atoms with Gasteiger partial charge in [-0.1, -0.05) is 54.2 Å². The Morgan fingerprint density at radius 2 is 1.52 bits per heavy atom. The molecule has 0 radical (unpaired) electrons. The molecule has 0 unspecified atom stereocenters. The first-order chi connectivity index (χ1) is 13.1. The zero-order valence-corrected chi connectivity index (χ0v) is 16.7. The number of nitrogens with zero attached hydrogens (tertiary/aromatic N) is 1. The molecule has 0 N–H and O–H groups in total. The summed E-state index contributed by atoms with van der Waals surface area (Å²) in [6, 6.07) is 26.3. The van der Waals surface area contributed by atoms with Crippen molar-refractivity contribution in [1.82, 2.24) is 0 Å². The van der Waals surface area contributed by atoms with E-state index in [1.807, 2.05) is 55.5 Å². The molecule has 0 saturated heterocycles. The third kappa shape index (κ3) is 5.60. The zero-order valence-electron chi connectivity index (χ0n) is 15.8. The number of aliphatic imine (C=N–C) groups is 1. The van der Waals surface area contributed by atoms with Crippen LogP contribution in [0, 0.1) is 13.8 Å². The predicted molar refractivity (Wildman–Crippen MR) is 116 cm³/mol. The molecule has 3 aromatic carbocycles. The number of benzene rings is 3. The first-order valence-corrected chi connectivity index (χ1v) is 9.71. The monoisotopic (exact) mass is 373 g/mol. The van der Waals surface area contributed by atoms with Gasteiger partial charge < -0.3 is 4.74 Å². The third-order valence-corrected chi connectivity index (χ3v) is 5.25. The van der Waals surface area contributed by atoms with Crippen LogP contribution in [0.2, 0.25) is 0 Å². The summed E-state index contributed by atoms with van der Waals surface area (Å²) in [5, 5.41) is 0.917. The van der Waals surface area contributed by atoms with Crippen molar-refractivity contribution < 1.29 is 4.74 Å². The minimum absolute atomic E-state index is 0.812. The van der Waals surface area contributed by atoms with Gasteiger partial charge in [-0.25, -0.2) is 4.99 Å². The van der Waals surface area contributed by atoms with Gasteiger partial charge >= 0.3 is 0 Å². The van der Waals surface area contributed by atoms with E-state index in [-0.39, 0.29) is 0 Å². The summed E-state index contributed by atoms with van der Waals surface area (Å²) in [6.07, 6.45) is 1.77. The molecule has 3 aromatic rings. The largest absolute Gasteiger partial charge is 0.465 e. The van der Waals surface area contributed by atoms with Crippen molar-refractivity contribution in [1.29, 1.82) is 0 Å². The maximum absolute atomic E-state index is 5.81. The summed E-state index contributed by atoms with van der Waals surface area (Å²) in [6.45, 7) is 6.25. The standard InChI is InChI=1S/C24H23NOS/c1-18-14-15-21(16-19(18)2)25-24(27-23-12-8-5-9-13-23)20(3)17-26-22-10-6-4-7-11-22/h4-17H,1-3H3. The highest BCUT2D eigenvalue weighted by atomic mass is 32.2. The van der Waals surface area contributed by atoms with Gasteiger partial charge in [0.2, 0.25) is 0 Å². The molecular formula is C24H23NOS. The summed E-state index contributed by atoms with van der Waals surface area (Å²) in [4.78, 5) is 6.05. The van der Waals surface area contributed by atoms with Crippen LogP contribution < -0.4 is 4.74 Å². The first kappa shape index (κ1) is 19.0. The first-order valence-electron chi connectivity index (χ1n) is 8.89. The van der Waals surface area contributed by atoms with Gasteiger partial charge in [0.25, 0.3) is 0 Å². The second-order valence-electron chi connectivity index (χ2n) is 6.33. The molecule has 0 saturated carbocycles. The van der Waals surface area contributed by atoms with E-state index in [2.05, 4.69) is 44.2 Å². The number of aryl methyl sites for hydroxylation is 2.